The number of rotatable bonds is 2. The van der Waals surface area contributed by atoms with Crippen molar-refractivity contribution < 1.29 is 40.2 Å². The van der Waals surface area contributed by atoms with Crippen molar-refractivity contribution >= 4 is 6.29 Å². The van der Waals surface area contributed by atoms with Gasteiger partial charge in [0, 0.05) is 6.42 Å². The standard InChI is InChI=1S/C3H5FO.Na.H/c4-2-1-3-5;;/h3H,1-2H2;;/q;+1;-1. The quantitative estimate of drug-likeness (QED) is 0.281. The van der Waals surface area contributed by atoms with Crippen LogP contribution >= 0.6 is 0 Å². The molecule has 0 N–H and O–H groups in total. The molecule has 0 amide bonds. The average molecular weight is 100 g/mol. The van der Waals surface area contributed by atoms with Crippen LogP contribution < -0.4 is 29.6 Å². The van der Waals surface area contributed by atoms with E-state index in [0.717, 1.165) is 0 Å². The van der Waals surface area contributed by atoms with Crippen LogP contribution in [0, 0.1) is 0 Å². The first-order valence-corrected chi connectivity index (χ1v) is 1.41. The number of hydrogen-bond donors (Lipinski definition) is 0. The van der Waals surface area contributed by atoms with Crippen molar-refractivity contribution in [2.45, 2.75) is 6.42 Å². The number of carbonyl (C=O) groups excluding carboxylic acids is 1. The number of hydrogen-bond acceptors (Lipinski definition) is 1. The zero-order chi connectivity index (χ0) is 4.12. The molecule has 0 radical (unpaired) electrons. The summed E-state index contributed by atoms with van der Waals surface area (Å²) in [4.78, 5) is 9.16. The largest absolute Gasteiger partial charge is 1.00 e. The van der Waals surface area contributed by atoms with Gasteiger partial charge in [0.05, 0.1) is 6.67 Å². The van der Waals surface area contributed by atoms with Crippen LogP contribution in [0.3, 0.4) is 0 Å². The molecule has 0 spiro atoms. The predicted molar refractivity (Wildman–Crippen MR) is 17.8 cm³/mol. The van der Waals surface area contributed by atoms with Crippen LogP contribution in [0.5, 0.6) is 0 Å². The van der Waals surface area contributed by atoms with Gasteiger partial charge in [0.15, 0.2) is 0 Å². The molecule has 0 aliphatic rings. The van der Waals surface area contributed by atoms with E-state index in [4.69, 9.17) is 4.79 Å². The summed E-state index contributed by atoms with van der Waals surface area (Å²) < 4.78 is 10.8. The van der Waals surface area contributed by atoms with Crippen LogP contribution in [0.15, 0.2) is 0 Å². The Morgan fingerprint density at radius 1 is 1.83 bits per heavy atom. The number of aldehydes is 1. The normalized spacial score (nSPS) is 6.17. The Balaban J connectivity index is -0.0000000800. The SMILES string of the molecule is O=CCCF.[H-].[Na+]. The van der Waals surface area contributed by atoms with Gasteiger partial charge in [-0.2, -0.15) is 0 Å². The van der Waals surface area contributed by atoms with Crippen LogP contribution in [0.25, 0.3) is 0 Å². The van der Waals surface area contributed by atoms with E-state index >= 15 is 0 Å². The fraction of sp³-hybridized carbons (Fsp3) is 0.667. The summed E-state index contributed by atoms with van der Waals surface area (Å²) in [6.07, 6.45) is 0.597. The molecule has 0 aliphatic carbocycles. The molecule has 0 saturated carbocycles. The van der Waals surface area contributed by atoms with Crippen molar-refractivity contribution in [2.75, 3.05) is 6.67 Å². The van der Waals surface area contributed by atoms with E-state index in [1.165, 1.54) is 0 Å². The molecular weight excluding hydrogens is 94.0 g/mol. The van der Waals surface area contributed by atoms with Crippen molar-refractivity contribution in [1.82, 2.24) is 0 Å². The van der Waals surface area contributed by atoms with E-state index in [9.17, 15) is 4.39 Å². The van der Waals surface area contributed by atoms with E-state index in [2.05, 4.69) is 0 Å². The third kappa shape index (κ3) is 8.82. The molecule has 0 unspecified atom stereocenters. The average Bonchev–Trinajstić information content (AvgIpc) is 1.41. The third-order valence-corrected chi connectivity index (χ3v) is 0.227. The van der Waals surface area contributed by atoms with E-state index in [1.807, 2.05) is 0 Å². The van der Waals surface area contributed by atoms with Crippen LogP contribution in [0.1, 0.15) is 7.85 Å². The van der Waals surface area contributed by atoms with Crippen molar-refractivity contribution in [3.63, 3.8) is 0 Å². The minimum Gasteiger partial charge on any atom is -1.00 e. The summed E-state index contributed by atoms with van der Waals surface area (Å²) in [6, 6.07) is 0. The maximum atomic E-state index is 10.8. The van der Waals surface area contributed by atoms with E-state index in [-0.39, 0.29) is 37.4 Å². The second-order valence-corrected chi connectivity index (χ2v) is 0.644. The Hall–Kier alpha value is 0.600. The van der Waals surface area contributed by atoms with E-state index in [1.54, 1.807) is 0 Å². The van der Waals surface area contributed by atoms with Gasteiger partial charge in [0.25, 0.3) is 0 Å². The third-order valence-electron chi connectivity index (χ3n) is 0.227. The van der Waals surface area contributed by atoms with Gasteiger partial charge >= 0.3 is 29.6 Å². The smallest absolute Gasteiger partial charge is 1.00 e. The first-order chi connectivity index (χ1) is 2.41. The molecular formula is C3H6FNaO. The van der Waals surface area contributed by atoms with Gasteiger partial charge in [-0.25, -0.2) is 0 Å². The van der Waals surface area contributed by atoms with Crippen LogP contribution in [-0.2, 0) is 4.79 Å². The summed E-state index contributed by atoms with van der Waals surface area (Å²) in [5.41, 5.74) is 0. The Labute approximate surface area is 59.7 Å². The molecule has 0 aromatic carbocycles. The van der Waals surface area contributed by atoms with Gasteiger partial charge in [0.2, 0.25) is 0 Å². The van der Waals surface area contributed by atoms with Gasteiger partial charge in [0.1, 0.15) is 6.29 Å². The van der Waals surface area contributed by atoms with Gasteiger partial charge in [-0.15, -0.1) is 0 Å². The van der Waals surface area contributed by atoms with Gasteiger partial charge < -0.3 is 6.22 Å². The molecule has 32 valence electrons. The van der Waals surface area contributed by atoms with Gasteiger partial charge in [-0.1, -0.05) is 0 Å². The molecule has 0 aromatic heterocycles. The Bertz CT molecular complexity index is 36.1. The van der Waals surface area contributed by atoms with Gasteiger partial charge in [-0.3, -0.25) is 4.39 Å². The molecule has 0 rings (SSSR count). The molecule has 3 heteroatoms. The first kappa shape index (κ1) is 9.78. The number of halogens is 1. The fourth-order valence-corrected chi connectivity index (χ4v) is 0.0445. The second kappa shape index (κ2) is 9.14. The van der Waals surface area contributed by atoms with Gasteiger partial charge in [-0.05, 0) is 0 Å². The molecule has 0 aliphatic heterocycles. The fourth-order valence-electron chi connectivity index (χ4n) is 0.0445. The Kier molecular flexibility index (Phi) is 14.9. The summed E-state index contributed by atoms with van der Waals surface area (Å²) in [7, 11) is 0. The summed E-state index contributed by atoms with van der Waals surface area (Å²) in [6.45, 7) is -0.524. The predicted octanol–water partition coefficient (Wildman–Crippen LogP) is -2.34. The molecule has 6 heavy (non-hydrogen) atoms. The zero-order valence-corrected chi connectivity index (χ0v) is 5.78. The van der Waals surface area contributed by atoms with Crippen molar-refractivity contribution in [1.29, 1.82) is 0 Å². The summed E-state index contributed by atoms with van der Waals surface area (Å²) in [5, 5.41) is 0. The maximum Gasteiger partial charge on any atom is 1.00 e. The molecule has 1 nitrogen and oxygen atoms in total. The summed E-state index contributed by atoms with van der Waals surface area (Å²) in [5.74, 6) is 0. The monoisotopic (exact) mass is 100 g/mol. The first-order valence-electron chi connectivity index (χ1n) is 1.41. The number of alkyl halides is 1. The Morgan fingerprint density at radius 2 is 2.33 bits per heavy atom. The van der Waals surface area contributed by atoms with E-state index in [0.29, 0.717) is 6.29 Å². The minimum atomic E-state index is -0.524. The Morgan fingerprint density at radius 3 is 2.33 bits per heavy atom. The molecule has 0 bridgehead atoms. The molecule has 0 aromatic rings. The summed E-state index contributed by atoms with van der Waals surface area (Å²) >= 11 is 0. The van der Waals surface area contributed by atoms with Crippen LogP contribution in [0.2, 0.25) is 0 Å². The minimum absolute atomic E-state index is 0. The molecule has 0 saturated heterocycles. The van der Waals surface area contributed by atoms with Crippen molar-refractivity contribution in [3.8, 4) is 0 Å². The second-order valence-electron chi connectivity index (χ2n) is 0.644. The topological polar surface area (TPSA) is 17.1 Å². The van der Waals surface area contributed by atoms with Crippen LogP contribution in [-0.4, -0.2) is 13.0 Å². The molecule has 0 fully saturated rings. The zero-order valence-electron chi connectivity index (χ0n) is 4.78. The molecule has 0 atom stereocenters. The van der Waals surface area contributed by atoms with Crippen molar-refractivity contribution in [2.24, 2.45) is 0 Å². The molecule has 0 heterocycles. The van der Waals surface area contributed by atoms with Crippen LogP contribution in [0.4, 0.5) is 4.39 Å². The van der Waals surface area contributed by atoms with E-state index < -0.39 is 6.67 Å². The van der Waals surface area contributed by atoms with Crippen molar-refractivity contribution in [3.05, 3.63) is 0 Å². The maximum absolute atomic E-state index is 10.8. The number of carbonyl (C=O) groups is 1.